The minimum atomic E-state index is -1.52. The molecule has 0 spiro atoms. The van der Waals surface area contributed by atoms with Gasteiger partial charge in [-0.25, -0.2) is 0 Å². The molecule has 4 heterocycles. The van der Waals surface area contributed by atoms with Crippen LogP contribution in [-0.4, -0.2) is 124 Å². The second-order valence-electron chi connectivity index (χ2n) is 13.6. The van der Waals surface area contributed by atoms with Gasteiger partial charge in [-0.3, -0.25) is 33.6 Å². The Balaban J connectivity index is 1.47. The minimum absolute atomic E-state index is 0.0214. The van der Waals surface area contributed by atoms with Gasteiger partial charge >= 0.3 is 0 Å². The highest BCUT2D eigenvalue weighted by atomic mass is 32.2. The number of fused-ring (bicyclic) bond motifs is 17. The summed E-state index contributed by atoms with van der Waals surface area (Å²) < 4.78 is 5.74. The molecule has 0 aliphatic carbocycles. The predicted molar refractivity (Wildman–Crippen MR) is 202 cm³/mol. The number of primary amides is 1. The van der Waals surface area contributed by atoms with Gasteiger partial charge in [-0.1, -0.05) is 30.3 Å². The van der Waals surface area contributed by atoms with E-state index >= 15 is 0 Å². The molecule has 9 N–H and O–H groups in total. The molecule has 6 rings (SSSR count). The number of H-pyrrole nitrogens is 1. The summed E-state index contributed by atoms with van der Waals surface area (Å²) in [5.74, 6) is -4.23. The second kappa shape index (κ2) is 18.6. The summed E-state index contributed by atoms with van der Waals surface area (Å²) in [7, 11) is 0. The van der Waals surface area contributed by atoms with E-state index in [0.717, 1.165) is 28.2 Å². The molecule has 17 nitrogen and oxygen atoms in total. The number of para-hydroxylation sites is 1. The van der Waals surface area contributed by atoms with E-state index in [1.54, 1.807) is 30.5 Å². The Morgan fingerprint density at radius 2 is 1.75 bits per heavy atom. The molecule has 294 valence electrons. The fraction of sp³-hybridized carbons (Fsp3) is 0.432. The van der Waals surface area contributed by atoms with Gasteiger partial charge in [0.05, 0.1) is 17.6 Å². The average molecular weight is 779 g/mol. The number of aromatic amines is 1. The Bertz CT molecular complexity index is 1900. The molecule has 55 heavy (non-hydrogen) atoms. The maximum absolute atomic E-state index is 14.6. The van der Waals surface area contributed by atoms with Crippen LogP contribution in [0.2, 0.25) is 0 Å². The summed E-state index contributed by atoms with van der Waals surface area (Å²) in [5.41, 5.74) is 7.59. The van der Waals surface area contributed by atoms with Crippen LogP contribution in [0.3, 0.4) is 0 Å². The number of carbonyl (C=O) groups is 7. The zero-order chi connectivity index (χ0) is 39.6. The molecule has 2 bridgehead atoms. The van der Waals surface area contributed by atoms with Gasteiger partial charge in [-0.15, -0.1) is 11.8 Å². The number of carbonyl (C=O) groups excluding carboxylic acids is 7. The number of ether oxygens (including phenoxy) is 1. The van der Waals surface area contributed by atoms with Crippen LogP contribution in [0.5, 0.6) is 5.75 Å². The van der Waals surface area contributed by atoms with E-state index in [1.165, 1.54) is 18.7 Å². The quantitative estimate of drug-likeness (QED) is 0.125. The van der Waals surface area contributed by atoms with Gasteiger partial charge in [0.1, 0.15) is 29.9 Å². The highest BCUT2D eigenvalue weighted by molar-refractivity contribution is 8.00. The van der Waals surface area contributed by atoms with Crippen LogP contribution in [0.15, 0.2) is 54.7 Å². The number of hydrogen-bond donors (Lipinski definition) is 8. The number of nitrogens with one attached hydrogen (secondary N) is 6. The van der Waals surface area contributed by atoms with Crippen LogP contribution in [0, 0.1) is 0 Å². The molecule has 0 unspecified atom stereocenters. The van der Waals surface area contributed by atoms with E-state index in [4.69, 9.17) is 10.5 Å². The Hall–Kier alpha value is -5.62. The van der Waals surface area contributed by atoms with Crippen molar-refractivity contribution in [1.29, 1.82) is 0 Å². The third-order valence-corrected chi connectivity index (χ3v) is 10.2. The largest absolute Gasteiger partial charge is 0.484 e. The monoisotopic (exact) mass is 778 g/mol. The predicted octanol–water partition coefficient (Wildman–Crippen LogP) is -1.38. The molecular formula is C37H46N8O9S. The molecule has 6 atom stereocenters. The fourth-order valence-corrected chi connectivity index (χ4v) is 7.08. The number of thioether (sulfide) groups is 1. The van der Waals surface area contributed by atoms with Gasteiger partial charge < -0.3 is 52.0 Å². The normalized spacial score (nSPS) is 23.6. The van der Waals surface area contributed by atoms with Crippen molar-refractivity contribution < 1.29 is 43.4 Å². The molecule has 7 amide bonds. The molecule has 1 aromatic heterocycles. The molecule has 3 aliphatic heterocycles. The topological polar surface area (TPSA) is 254 Å². The number of rotatable bonds is 8. The third-order valence-electron chi connectivity index (χ3n) is 9.28. The number of aliphatic hydroxyl groups is 1. The third kappa shape index (κ3) is 11.0. The van der Waals surface area contributed by atoms with Crippen molar-refractivity contribution in [3.05, 3.63) is 65.9 Å². The average Bonchev–Trinajstić information content (AvgIpc) is 3.76. The first-order valence-corrected chi connectivity index (χ1v) is 19.0. The highest BCUT2D eigenvalue weighted by Crippen LogP contribution is 2.24. The van der Waals surface area contributed by atoms with Crippen LogP contribution in [0.25, 0.3) is 10.9 Å². The first kappa shape index (κ1) is 40.6. The summed E-state index contributed by atoms with van der Waals surface area (Å²) in [6.07, 6.45) is 0.725. The van der Waals surface area contributed by atoms with Gasteiger partial charge in [0.15, 0.2) is 6.61 Å². The molecule has 3 aliphatic rings. The maximum atomic E-state index is 14.6. The lowest BCUT2D eigenvalue weighted by atomic mass is 10.0. The SMILES string of the molecule is C[C@@H]1NC(=O)[C@H]([C@@H](C)O)NC(=O)[C@@H]2C[C@H](NC(=O)CSCC(N)=O)CN2C(=O)[C@@H](Cc2c[nH]c3ccccc23)NC(=O)COc2ccc(cc2)CCNC1=O. The van der Waals surface area contributed by atoms with Crippen molar-refractivity contribution in [2.24, 2.45) is 5.73 Å². The Kier molecular flexibility index (Phi) is 13.7. The van der Waals surface area contributed by atoms with E-state index in [-0.39, 0.29) is 37.4 Å². The molecule has 18 heteroatoms. The van der Waals surface area contributed by atoms with Gasteiger partial charge in [0.2, 0.25) is 35.4 Å². The number of aliphatic hydroxyl groups excluding tert-OH is 1. The van der Waals surface area contributed by atoms with Crippen molar-refractivity contribution in [1.82, 2.24) is 36.5 Å². The summed E-state index contributed by atoms with van der Waals surface area (Å²) in [4.78, 5) is 96.6. The Morgan fingerprint density at radius 1 is 1.00 bits per heavy atom. The summed E-state index contributed by atoms with van der Waals surface area (Å²) in [6, 6.07) is 8.61. The van der Waals surface area contributed by atoms with Gasteiger partial charge in [0, 0.05) is 42.7 Å². The zero-order valence-corrected chi connectivity index (χ0v) is 31.3. The molecule has 2 aromatic carbocycles. The summed E-state index contributed by atoms with van der Waals surface area (Å²) >= 11 is 1.00. The van der Waals surface area contributed by atoms with Crippen LogP contribution < -0.4 is 37.1 Å². The zero-order valence-electron chi connectivity index (χ0n) is 30.5. The van der Waals surface area contributed by atoms with Gasteiger partial charge in [0.25, 0.3) is 5.91 Å². The van der Waals surface area contributed by atoms with Gasteiger partial charge in [-0.2, -0.15) is 0 Å². The van der Waals surface area contributed by atoms with Crippen molar-refractivity contribution in [3.8, 4) is 5.75 Å². The first-order valence-electron chi connectivity index (χ1n) is 17.9. The molecule has 0 radical (unpaired) electrons. The standard InChI is InChI=1S/C37H46N8O9S/c1-20-34(50)39-12-11-22-7-9-25(10-8-22)54-17-31(48)43-28(13-23-15-40-27-6-4-3-5-26(23)27)37(53)45-16-24(42-32(49)19-55-18-30(38)47)14-29(45)35(51)44-33(21(2)46)36(52)41-20/h3-10,15,20-21,24,28-29,33,40,46H,11-14,16-19H2,1-2H3,(H2,38,47)(H,39,50)(H,41,52)(H,42,49)(H,43,48)(H,44,51)/t20-,21+,24-,28+,29-,33-/m0/s1. The Morgan fingerprint density at radius 3 is 2.47 bits per heavy atom. The fourth-order valence-electron chi connectivity index (χ4n) is 6.51. The number of hydrogen-bond acceptors (Lipinski definition) is 10. The minimum Gasteiger partial charge on any atom is -0.484 e. The lowest BCUT2D eigenvalue weighted by Crippen LogP contribution is -2.60. The van der Waals surface area contributed by atoms with Crippen LogP contribution in [0.4, 0.5) is 0 Å². The second-order valence-corrected chi connectivity index (χ2v) is 14.6. The first-order chi connectivity index (χ1) is 26.3. The molecule has 1 saturated heterocycles. The lowest BCUT2D eigenvalue weighted by molar-refractivity contribution is -0.143. The van der Waals surface area contributed by atoms with Gasteiger partial charge in [-0.05, 0) is 56.0 Å². The van der Waals surface area contributed by atoms with Crippen molar-refractivity contribution in [3.63, 3.8) is 0 Å². The van der Waals surface area contributed by atoms with Crippen LogP contribution in [-0.2, 0) is 46.4 Å². The molecular weight excluding hydrogens is 733 g/mol. The molecule has 3 aromatic rings. The lowest BCUT2D eigenvalue weighted by Gasteiger charge is -2.30. The van der Waals surface area contributed by atoms with Crippen LogP contribution >= 0.6 is 11.8 Å². The van der Waals surface area contributed by atoms with Crippen molar-refractivity contribution in [2.75, 3.05) is 31.2 Å². The summed E-state index contributed by atoms with van der Waals surface area (Å²) in [6.45, 7) is 2.44. The van der Waals surface area contributed by atoms with E-state index < -0.39 is 84.3 Å². The van der Waals surface area contributed by atoms with E-state index in [9.17, 15) is 38.7 Å². The number of aromatic nitrogens is 1. The highest BCUT2D eigenvalue weighted by Gasteiger charge is 2.44. The summed E-state index contributed by atoms with van der Waals surface area (Å²) in [5, 5.41) is 24.8. The van der Waals surface area contributed by atoms with E-state index in [0.29, 0.717) is 17.7 Å². The smallest absolute Gasteiger partial charge is 0.258 e. The number of nitrogens with zero attached hydrogens (tertiary/aromatic N) is 1. The number of nitrogens with two attached hydrogens (primary N) is 1. The molecule has 0 saturated carbocycles. The van der Waals surface area contributed by atoms with Crippen molar-refractivity contribution >= 4 is 64.0 Å². The molecule has 1 fully saturated rings. The van der Waals surface area contributed by atoms with E-state index in [2.05, 4.69) is 31.6 Å². The van der Waals surface area contributed by atoms with Crippen LogP contribution in [0.1, 0.15) is 31.4 Å². The number of benzene rings is 2. The Labute approximate surface area is 321 Å². The van der Waals surface area contributed by atoms with E-state index in [1.807, 2.05) is 24.3 Å². The maximum Gasteiger partial charge on any atom is 0.258 e. The van der Waals surface area contributed by atoms with Crippen molar-refractivity contribution in [2.45, 2.75) is 69.4 Å². The number of amides is 7.